The zero-order valence-electron chi connectivity index (χ0n) is 15.1. The Labute approximate surface area is 158 Å². The van der Waals surface area contributed by atoms with Crippen LogP contribution in [0.2, 0.25) is 0 Å². The number of hydrogen-bond acceptors (Lipinski definition) is 5. The van der Waals surface area contributed by atoms with Gasteiger partial charge in [0.05, 0.1) is 25.2 Å². The SMILES string of the molecule is COCC1(C(=O)NCCN2CCOCC2(C)C)CCNCC1.Cl.Cl. The average Bonchev–Trinajstić information content (AvgIpc) is 2.50. The van der Waals surface area contributed by atoms with E-state index in [9.17, 15) is 4.79 Å². The van der Waals surface area contributed by atoms with E-state index in [-0.39, 0.29) is 41.7 Å². The van der Waals surface area contributed by atoms with Gasteiger partial charge in [-0.05, 0) is 39.8 Å². The van der Waals surface area contributed by atoms with Crippen molar-refractivity contribution in [1.29, 1.82) is 0 Å². The largest absolute Gasteiger partial charge is 0.384 e. The zero-order valence-corrected chi connectivity index (χ0v) is 16.7. The number of rotatable bonds is 6. The van der Waals surface area contributed by atoms with Gasteiger partial charge in [0.1, 0.15) is 0 Å². The molecule has 2 N–H and O–H groups in total. The molecule has 2 heterocycles. The van der Waals surface area contributed by atoms with E-state index in [1.54, 1.807) is 7.11 Å². The second kappa shape index (κ2) is 10.8. The Morgan fingerprint density at radius 1 is 1.29 bits per heavy atom. The summed E-state index contributed by atoms with van der Waals surface area (Å²) in [5.74, 6) is 0.141. The van der Waals surface area contributed by atoms with Gasteiger partial charge >= 0.3 is 0 Å². The van der Waals surface area contributed by atoms with Gasteiger partial charge in [0.2, 0.25) is 5.91 Å². The Morgan fingerprint density at radius 3 is 2.54 bits per heavy atom. The van der Waals surface area contributed by atoms with Crippen LogP contribution in [0.15, 0.2) is 0 Å². The number of morpholine rings is 1. The third kappa shape index (κ3) is 6.00. The molecule has 0 aromatic carbocycles. The predicted molar refractivity (Wildman–Crippen MR) is 100 cm³/mol. The average molecular weight is 386 g/mol. The topological polar surface area (TPSA) is 62.8 Å². The molecule has 0 aliphatic carbocycles. The van der Waals surface area contributed by atoms with Crippen molar-refractivity contribution in [3.8, 4) is 0 Å². The van der Waals surface area contributed by atoms with E-state index in [0.29, 0.717) is 13.2 Å². The summed E-state index contributed by atoms with van der Waals surface area (Å²) in [4.78, 5) is 15.0. The quantitative estimate of drug-likeness (QED) is 0.715. The Hall–Kier alpha value is -0.110. The molecule has 2 aliphatic rings. The van der Waals surface area contributed by atoms with Crippen molar-refractivity contribution in [3.63, 3.8) is 0 Å². The molecule has 2 fully saturated rings. The third-order valence-electron chi connectivity index (χ3n) is 4.95. The van der Waals surface area contributed by atoms with Crippen molar-refractivity contribution in [2.45, 2.75) is 32.2 Å². The van der Waals surface area contributed by atoms with E-state index >= 15 is 0 Å². The van der Waals surface area contributed by atoms with Crippen molar-refractivity contribution in [2.24, 2.45) is 5.41 Å². The summed E-state index contributed by atoms with van der Waals surface area (Å²) in [6, 6.07) is 0. The van der Waals surface area contributed by atoms with Gasteiger partial charge in [0.25, 0.3) is 0 Å². The molecule has 0 saturated carbocycles. The van der Waals surface area contributed by atoms with E-state index in [1.807, 2.05) is 0 Å². The Kier molecular flexibility index (Phi) is 10.7. The van der Waals surface area contributed by atoms with Crippen molar-refractivity contribution in [1.82, 2.24) is 15.5 Å². The first-order valence-corrected chi connectivity index (χ1v) is 8.31. The fourth-order valence-corrected chi connectivity index (χ4v) is 3.42. The lowest BCUT2D eigenvalue weighted by molar-refractivity contribution is -0.136. The molecule has 1 amide bonds. The number of methoxy groups -OCH3 is 1. The normalized spacial score (nSPS) is 22.8. The number of nitrogens with one attached hydrogen (secondary N) is 2. The van der Waals surface area contributed by atoms with Gasteiger partial charge in [-0.1, -0.05) is 0 Å². The van der Waals surface area contributed by atoms with E-state index in [1.165, 1.54) is 0 Å². The van der Waals surface area contributed by atoms with Crippen LogP contribution in [0.3, 0.4) is 0 Å². The molecular formula is C16H33Cl2N3O3. The van der Waals surface area contributed by atoms with Gasteiger partial charge in [0.15, 0.2) is 0 Å². The summed E-state index contributed by atoms with van der Waals surface area (Å²) in [7, 11) is 1.67. The molecule has 0 unspecified atom stereocenters. The van der Waals surface area contributed by atoms with E-state index in [2.05, 4.69) is 29.4 Å². The summed E-state index contributed by atoms with van der Waals surface area (Å²) in [5, 5.41) is 6.45. The van der Waals surface area contributed by atoms with Gasteiger partial charge < -0.3 is 20.1 Å². The number of carbonyl (C=O) groups is 1. The monoisotopic (exact) mass is 385 g/mol. The number of piperidine rings is 1. The molecule has 0 aromatic rings. The van der Waals surface area contributed by atoms with E-state index in [0.717, 1.165) is 52.2 Å². The number of halogens is 2. The van der Waals surface area contributed by atoms with Crippen LogP contribution in [0.4, 0.5) is 0 Å². The lowest BCUT2D eigenvalue weighted by Crippen LogP contribution is -2.56. The van der Waals surface area contributed by atoms with Gasteiger partial charge in [0, 0.05) is 32.3 Å². The standard InChI is InChI=1S/C16H31N3O3.2ClH/c1-15(2)12-22-11-10-19(15)9-8-18-14(20)16(13-21-3)4-6-17-7-5-16;;/h17H,4-13H2,1-3H3,(H,18,20);2*1H. The number of amides is 1. The number of carbonyl (C=O) groups excluding carboxylic acids is 1. The van der Waals surface area contributed by atoms with Gasteiger partial charge in [-0.3, -0.25) is 9.69 Å². The summed E-state index contributed by atoms with van der Waals surface area (Å²) in [5.41, 5.74) is -0.317. The zero-order chi connectivity index (χ0) is 16.1. The Bertz CT molecular complexity index is 372. The Morgan fingerprint density at radius 2 is 1.96 bits per heavy atom. The van der Waals surface area contributed by atoms with Crippen LogP contribution in [-0.2, 0) is 14.3 Å². The summed E-state index contributed by atoms with van der Waals surface area (Å²) < 4.78 is 10.9. The number of ether oxygens (including phenoxy) is 2. The molecular weight excluding hydrogens is 353 g/mol. The molecule has 6 nitrogen and oxygen atoms in total. The fraction of sp³-hybridized carbons (Fsp3) is 0.938. The second-order valence-corrected chi connectivity index (χ2v) is 7.07. The van der Waals surface area contributed by atoms with Crippen molar-refractivity contribution in [3.05, 3.63) is 0 Å². The van der Waals surface area contributed by atoms with Gasteiger partial charge in [-0.2, -0.15) is 0 Å². The second-order valence-electron chi connectivity index (χ2n) is 7.07. The first-order valence-electron chi connectivity index (χ1n) is 8.31. The van der Waals surface area contributed by atoms with Crippen LogP contribution in [0.5, 0.6) is 0 Å². The van der Waals surface area contributed by atoms with Crippen LogP contribution in [0.1, 0.15) is 26.7 Å². The van der Waals surface area contributed by atoms with Gasteiger partial charge in [-0.25, -0.2) is 0 Å². The first-order chi connectivity index (χ1) is 10.5. The highest BCUT2D eigenvalue weighted by Gasteiger charge is 2.39. The summed E-state index contributed by atoms with van der Waals surface area (Å²) >= 11 is 0. The molecule has 0 radical (unpaired) electrons. The molecule has 0 aromatic heterocycles. The molecule has 2 saturated heterocycles. The van der Waals surface area contributed by atoms with Crippen LogP contribution in [0, 0.1) is 5.41 Å². The summed E-state index contributed by atoms with van der Waals surface area (Å²) in [6.07, 6.45) is 1.69. The van der Waals surface area contributed by atoms with Crippen LogP contribution >= 0.6 is 24.8 Å². The lowest BCUT2D eigenvalue weighted by Gasteiger charge is -2.42. The first kappa shape index (κ1) is 23.9. The molecule has 8 heteroatoms. The molecule has 144 valence electrons. The van der Waals surface area contributed by atoms with Crippen molar-refractivity contribution >= 4 is 30.7 Å². The predicted octanol–water partition coefficient (Wildman–Crippen LogP) is 1.07. The minimum Gasteiger partial charge on any atom is -0.384 e. The highest BCUT2D eigenvalue weighted by molar-refractivity contribution is 5.85. The lowest BCUT2D eigenvalue weighted by atomic mass is 9.78. The van der Waals surface area contributed by atoms with E-state index < -0.39 is 0 Å². The minimum atomic E-state index is -0.361. The highest BCUT2D eigenvalue weighted by Crippen LogP contribution is 2.29. The molecule has 2 rings (SSSR count). The molecule has 0 spiro atoms. The van der Waals surface area contributed by atoms with Crippen molar-refractivity contribution < 1.29 is 14.3 Å². The summed E-state index contributed by atoms with van der Waals surface area (Å²) in [6.45, 7) is 10.6. The molecule has 0 atom stereocenters. The highest BCUT2D eigenvalue weighted by atomic mass is 35.5. The van der Waals surface area contributed by atoms with E-state index in [4.69, 9.17) is 9.47 Å². The van der Waals surface area contributed by atoms with Crippen LogP contribution in [-0.4, -0.2) is 76.0 Å². The Balaban J connectivity index is 0.00000264. The van der Waals surface area contributed by atoms with Gasteiger partial charge in [-0.15, -0.1) is 24.8 Å². The minimum absolute atomic E-state index is 0. The smallest absolute Gasteiger partial charge is 0.228 e. The maximum atomic E-state index is 12.7. The molecule has 0 bridgehead atoms. The number of hydrogen-bond donors (Lipinski definition) is 2. The van der Waals surface area contributed by atoms with Crippen LogP contribution < -0.4 is 10.6 Å². The third-order valence-corrected chi connectivity index (χ3v) is 4.95. The van der Waals surface area contributed by atoms with Crippen LogP contribution in [0.25, 0.3) is 0 Å². The molecule has 2 aliphatic heterocycles. The molecule has 24 heavy (non-hydrogen) atoms. The number of nitrogens with zero attached hydrogens (tertiary/aromatic N) is 1. The fourth-order valence-electron chi connectivity index (χ4n) is 3.42. The maximum Gasteiger partial charge on any atom is 0.228 e. The van der Waals surface area contributed by atoms with Crippen molar-refractivity contribution in [2.75, 3.05) is 59.7 Å². The maximum absolute atomic E-state index is 12.7.